The standard InChI is InChI=1S/C23H20N4O/c1-16-8-11-20(14-17(16)2)27-25-21-12-10-19(15-22(21)26-27)24-23(28)13-9-18-6-4-3-5-7-18/h3-15H,1-2H3,(H,24,28)/b13-9+. The van der Waals surface area contributed by atoms with E-state index in [1.165, 1.54) is 17.2 Å². The van der Waals surface area contributed by atoms with E-state index in [-0.39, 0.29) is 5.91 Å². The van der Waals surface area contributed by atoms with Crippen molar-refractivity contribution in [3.05, 3.63) is 89.5 Å². The van der Waals surface area contributed by atoms with E-state index in [4.69, 9.17) is 0 Å². The van der Waals surface area contributed by atoms with Gasteiger partial charge in [-0.1, -0.05) is 36.4 Å². The molecule has 0 fully saturated rings. The summed E-state index contributed by atoms with van der Waals surface area (Å²) in [5.41, 5.74) is 6.49. The molecular formula is C23H20N4O. The van der Waals surface area contributed by atoms with Crippen LogP contribution in [-0.4, -0.2) is 20.9 Å². The maximum absolute atomic E-state index is 12.2. The van der Waals surface area contributed by atoms with E-state index in [0.29, 0.717) is 5.69 Å². The molecule has 1 amide bonds. The van der Waals surface area contributed by atoms with E-state index in [2.05, 4.69) is 41.5 Å². The lowest BCUT2D eigenvalue weighted by Crippen LogP contribution is -2.07. The number of hydrogen-bond acceptors (Lipinski definition) is 3. The van der Waals surface area contributed by atoms with Gasteiger partial charge in [0.1, 0.15) is 11.0 Å². The monoisotopic (exact) mass is 368 g/mol. The van der Waals surface area contributed by atoms with Crippen LogP contribution in [-0.2, 0) is 4.79 Å². The third-order valence-corrected chi connectivity index (χ3v) is 4.60. The first-order valence-electron chi connectivity index (χ1n) is 9.07. The van der Waals surface area contributed by atoms with Crippen LogP contribution < -0.4 is 5.32 Å². The van der Waals surface area contributed by atoms with Crippen LogP contribution in [0.1, 0.15) is 16.7 Å². The molecule has 0 aliphatic carbocycles. The second-order valence-corrected chi connectivity index (χ2v) is 6.69. The van der Waals surface area contributed by atoms with Gasteiger partial charge in [0.2, 0.25) is 5.91 Å². The fourth-order valence-electron chi connectivity index (χ4n) is 2.88. The van der Waals surface area contributed by atoms with Crippen LogP contribution in [0.3, 0.4) is 0 Å². The van der Waals surface area contributed by atoms with E-state index < -0.39 is 0 Å². The molecule has 5 heteroatoms. The summed E-state index contributed by atoms with van der Waals surface area (Å²) in [7, 11) is 0. The Labute approximate surface area is 163 Å². The molecule has 0 aliphatic rings. The van der Waals surface area contributed by atoms with Gasteiger partial charge < -0.3 is 5.32 Å². The molecule has 0 spiro atoms. The maximum atomic E-state index is 12.2. The molecule has 4 rings (SSSR count). The molecule has 138 valence electrons. The number of carbonyl (C=O) groups is 1. The van der Waals surface area contributed by atoms with E-state index in [9.17, 15) is 4.79 Å². The number of aryl methyl sites for hydroxylation is 2. The van der Waals surface area contributed by atoms with E-state index in [1.807, 2.05) is 54.6 Å². The van der Waals surface area contributed by atoms with Gasteiger partial charge in [-0.3, -0.25) is 4.79 Å². The van der Waals surface area contributed by atoms with Crippen molar-refractivity contribution in [2.75, 3.05) is 5.32 Å². The van der Waals surface area contributed by atoms with Gasteiger partial charge in [-0.2, -0.15) is 4.80 Å². The summed E-state index contributed by atoms with van der Waals surface area (Å²) in [6.45, 7) is 4.14. The highest BCUT2D eigenvalue weighted by Gasteiger charge is 2.07. The van der Waals surface area contributed by atoms with Crippen molar-refractivity contribution in [1.29, 1.82) is 0 Å². The second kappa shape index (κ2) is 7.48. The molecule has 28 heavy (non-hydrogen) atoms. The molecule has 1 heterocycles. The number of benzene rings is 3. The van der Waals surface area contributed by atoms with Crippen molar-refractivity contribution >= 4 is 28.7 Å². The Morgan fingerprint density at radius 3 is 2.46 bits per heavy atom. The first-order chi connectivity index (χ1) is 13.6. The summed E-state index contributed by atoms with van der Waals surface area (Å²) in [5.74, 6) is -0.190. The van der Waals surface area contributed by atoms with Gasteiger partial charge >= 0.3 is 0 Å². The van der Waals surface area contributed by atoms with E-state index in [1.54, 1.807) is 10.9 Å². The molecule has 0 radical (unpaired) electrons. The molecule has 1 N–H and O–H groups in total. The largest absolute Gasteiger partial charge is 0.322 e. The van der Waals surface area contributed by atoms with Gasteiger partial charge in [0, 0.05) is 11.8 Å². The summed E-state index contributed by atoms with van der Waals surface area (Å²) in [4.78, 5) is 13.8. The van der Waals surface area contributed by atoms with Crippen LogP contribution in [0.5, 0.6) is 0 Å². The highest BCUT2D eigenvalue weighted by Crippen LogP contribution is 2.19. The number of aromatic nitrogens is 3. The lowest BCUT2D eigenvalue weighted by molar-refractivity contribution is -0.111. The number of carbonyl (C=O) groups excluding carboxylic acids is 1. The Kier molecular flexibility index (Phi) is 4.72. The van der Waals surface area contributed by atoms with Gasteiger partial charge in [-0.05, 0) is 66.9 Å². The van der Waals surface area contributed by atoms with Gasteiger partial charge in [0.15, 0.2) is 0 Å². The zero-order chi connectivity index (χ0) is 19.5. The van der Waals surface area contributed by atoms with Crippen LogP contribution in [0, 0.1) is 13.8 Å². The Bertz CT molecular complexity index is 1180. The molecule has 3 aromatic carbocycles. The van der Waals surface area contributed by atoms with Crippen LogP contribution in [0.25, 0.3) is 22.8 Å². The minimum atomic E-state index is -0.190. The van der Waals surface area contributed by atoms with Crippen LogP contribution in [0.15, 0.2) is 72.8 Å². The Balaban J connectivity index is 1.53. The number of nitrogens with zero attached hydrogens (tertiary/aromatic N) is 3. The molecule has 0 saturated carbocycles. The lowest BCUT2D eigenvalue weighted by atomic mass is 10.1. The van der Waals surface area contributed by atoms with Gasteiger partial charge in [-0.25, -0.2) is 0 Å². The fraction of sp³-hybridized carbons (Fsp3) is 0.0870. The molecular weight excluding hydrogens is 348 g/mol. The minimum Gasteiger partial charge on any atom is -0.322 e. The highest BCUT2D eigenvalue weighted by molar-refractivity contribution is 6.02. The molecule has 0 bridgehead atoms. The molecule has 0 aliphatic heterocycles. The van der Waals surface area contributed by atoms with Crippen molar-refractivity contribution in [2.45, 2.75) is 13.8 Å². The third kappa shape index (κ3) is 3.83. The first kappa shape index (κ1) is 17.7. The summed E-state index contributed by atoms with van der Waals surface area (Å²) in [5, 5.41) is 11.9. The normalized spacial score (nSPS) is 11.2. The SMILES string of the molecule is Cc1ccc(-n2nc3ccc(NC(=O)/C=C/c4ccccc4)cc3n2)cc1C. The average molecular weight is 368 g/mol. The highest BCUT2D eigenvalue weighted by atomic mass is 16.1. The van der Waals surface area contributed by atoms with Gasteiger partial charge in [-0.15, -0.1) is 10.2 Å². The molecule has 0 unspecified atom stereocenters. The second-order valence-electron chi connectivity index (χ2n) is 6.69. The topological polar surface area (TPSA) is 59.8 Å². The Hall–Kier alpha value is -3.73. The van der Waals surface area contributed by atoms with Crippen molar-refractivity contribution in [3.63, 3.8) is 0 Å². The lowest BCUT2D eigenvalue weighted by Gasteiger charge is -2.03. The molecule has 4 aromatic rings. The maximum Gasteiger partial charge on any atom is 0.248 e. The number of anilines is 1. The predicted octanol–water partition coefficient (Wildman–Crippen LogP) is 4.69. The summed E-state index contributed by atoms with van der Waals surface area (Å²) in [6, 6.07) is 21.3. The molecule has 0 atom stereocenters. The quantitative estimate of drug-likeness (QED) is 0.532. The average Bonchev–Trinajstić information content (AvgIpc) is 3.13. The number of nitrogens with one attached hydrogen (secondary N) is 1. The number of amides is 1. The predicted molar refractivity (Wildman–Crippen MR) is 112 cm³/mol. The number of hydrogen-bond donors (Lipinski definition) is 1. The smallest absolute Gasteiger partial charge is 0.248 e. The molecule has 5 nitrogen and oxygen atoms in total. The summed E-state index contributed by atoms with van der Waals surface area (Å²) >= 11 is 0. The fourth-order valence-corrected chi connectivity index (χ4v) is 2.88. The summed E-state index contributed by atoms with van der Waals surface area (Å²) in [6.07, 6.45) is 3.30. The van der Waals surface area contributed by atoms with Crippen LogP contribution in [0.4, 0.5) is 5.69 Å². The van der Waals surface area contributed by atoms with Gasteiger partial charge in [0.25, 0.3) is 0 Å². The van der Waals surface area contributed by atoms with Crippen molar-refractivity contribution < 1.29 is 4.79 Å². The zero-order valence-corrected chi connectivity index (χ0v) is 15.8. The van der Waals surface area contributed by atoms with Crippen molar-refractivity contribution in [3.8, 4) is 5.69 Å². The van der Waals surface area contributed by atoms with Crippen LogP contribution in [0.2, 0.25) is 0 Å². The van der Waals surface area contributed by atoms with E-state index in [0.717, 1.165) is 22.3 Å². The molecule has 1 aromatic heterocycles. The Morgan fingerprint density at radius 2 is 1.68 bits per heavy atom. The minimum absolute atomic E-state index is 0.190. The number of rotatable bonds is 4. The summed E-state index contributed by atoms with van der Waals surface area (Å²) < 4.78 is 0. The first-order valence-corrected chi connectivity index (χ1v) is 9.07. The van der Waals surface area contributed by atoms with E-state index >= 15 is 0 Å². The molecule has 0 saturated heterocycles. The van der Waals surface area contributed by atoms with Gasteiger partial charge in [0.05, 0.1) is 5.69 Å². The number of fused-ring (bicyclic) bond motifs is 1. The third-order valence-electron chi connectivity index (χ3n) is 4.60. The van der Waals surface area contributed by atoms with Crippen molar-refractivity contribution in [1.82, 2.24) is 15.0 Å². The van der Waals surface area contributed by atoms with Crippen LogP contribution >= 0.6 is 0 Å². The zero-order valence-electron chi connectivity index (χ0n) is 15.8. The van der Waals surface area contributed by atoms with Crippen molar-refractivity contribution in [2.24, 2.45) is 0 Å². The Morgan fingerprint density at radius 1 is 0.893 bits per heavy atom.